The Kier molecular flexibility index (Phi) is 5.35. The summed E-state index contributed by atoms with van der Waals surface area (Å²) in [7, 11) is -6.51. The third-order valence-corrected chi connectivity index (χ3v) is 5.42. The maximum atomic E-state index is 9.87. The van der Waals surface area contributed by atoms with Gasteiger partial charge >= 0.3 is 33.0 Å². The Balaban J connectivity index is 0.000000339. The van der Waals surface area contributed by atoms with Crippen molar-refractivity contribution in [3.63, 3.8) is 0 Å². The first-order chi connectivity index (χ1) is 14.1. The standard InChI is InChI=1S/C21H18N2S.F6P/c1-23(2)16-9-11-18-20(13-16)24-19-12-15(22)8-10-17(19)21(18)14-6-4-3-5-7-14;1-7(2,3,4,5)6/h3-13,22H,1-2H3;/q;-1/p+1. The number of anilines is 1. The van der Waals surface area contributed by atoms with Crippen molar-refractivity contribution in [2.45, 2.75) is 0 Å². The molecule has 1 aliphatic carbocycles. The van der Waals surface area contributed by atoms with Gasteiger partial charge in [0, 0.05) is 38.3 Å². The molecule has 1 aliphatic heterocycles. The zero-order valence-corrected chi connectivity index (χ0v) is 18.2. The molecule has 4 rings (SSSR count). The molecule has 0 atom stereocenters. The molecule has 10 heteroatoms. The van der Waals surface area contributed by atoms with E-state index in [-0.39, 0.29) is 0 Å². The van der Waals surface area contributed by atoms with E-state index in [1.807, 2.05) is 6.07 Å². The average molecular weight is 476 g/mol. The summed E-state index contributed by atoms with van der Waals surface area (Å²) in [6.45, 7) is 0. The number of nitrogen functional groups attached to an aromatic ring is 1. The Bertz CT molecular complexity index is 1280. The summed E-state index contributed by atoms with van der Waals surface area (Å²) in [5.41, 5.74) is 10.6. The summed E-state index contributed by atoms with van der Waals surface area (Å²) >= 11 is 1.80. The van der Waals surface area contributed by atoms with Gasteiger partial charge in [0.05, 0.1) is 0 Å². The van der Waals surface area contributed by atoms with Gasteiger partial charge < -0.3 is 5.73 Å². The molecule has 0 aromatic heterocycles. The number of hydrogen-bond acceptors (Lipinski definition) is 2. The molecule has 0 saturated heterocycles. The monoisotopic (exact) mass is 476 g/mol. The van der Waals surface area contributed by atoms with Crippen LogP contribution in [0.15, 0.2) is 66.7 Å². The number of fused-ring (bicyclic) bond motifs is 2. The van der Waals surface area contributed by atoms with Crippen molar-refractivity contribution < 1.29 is 25.2 Å². The Labute approximate surface area is 178 Å². The van der Waals surface area contributed by atoms with E-state index in [0.29, 0.717) is 0 Å². The second-order valence-corrected chi connectivity index (χ2v) is 10.1. The molecule has 2 N–H and O–H groups in total. The minimum absolute atomic E-state index is 0.806. The maximum absolute atomic E-state index is 10.7. The van der Waals surface area contributed by atoms with Crippen LogP contribution in [0, 0.1) is 0 Å². The quantitative estimate of drug-likeness (QED) is 0.0987. The SMILES string of the molecule is C[N+](C)=c1ccc2c(-c3ccccc3)c3ccc(N)cc3sc-2c1.F[P-](F)(F)(F)(F)F. The van der Waals surface area contributed by atoms with Crippen LogP contribution in [0.25, 0.3) is 31.7 Å². The third-order valence-electron chi connectivity index (χ3n) is 4.31. The van der Waals surface area contributed by atoms with Gasteiger partial charge in [0.1, 0.15) is 14.1 Å². The summed E-state index contributed by atoms with van der Waals surface area (Å²) < 4.78 is 62.6. The third kappa shape index (κ3) is 6.67. The molecular weight excluding hydrogens is 457 g/mol. The molecule has 1 heterocycles. The average Bonchev–Trinajstić information content (AvgIpc) is 2.63. The summed E-state index contributed by atoms with van der Waals surface area (Å²) in [4.78, 5) is 1.28. The van der Waals surface area contributed by atoms with Crippen molar-refractivity contribution in [2.24, 2.45) is 0 Å². The second-order valence-electron chi connectivity index (χ2n) is 7.13. The van der Waals surface area contributed by atoms with Crippen LogP contribution in [-0.2, 0) is 0 Å². The van der Waals surface area contributed by atoms with Crippen LogP contribution >= 0.6 is 19.1 Å². The van der Waals surface area contributed by atoms with Gasteiger partial charge in [-0.25, -0.2) is 4.58 Å². The van der Waals surface area contributed by atoms with Crippen LogP contribution in [0.2, 0.25) is 0 Å². The van der Waals surface area contributed by atoms with Crippen molar-refractivity contribution >= 4 is 34.9 Å². The molecule has 0 fully saturated rings. The van der Waals surface area contributed by atoms with Crippen LogP contribution in [0.5, 0.6) is 0 Å². The molecule has 2 nitrogen and oxygen atoms in total. The van der Waals surface area contributed by atoms with Gasteiger partial charge in [-0.05, 0) is 29.3 Å². The zero-order valence-electron chi connectivity index (χ0n) is 16.5. The Morgan fingerprint density at radius 3 is 2.00 bits per heavy atom. The van der Waals surface area contributed by atoms with Crippen molar-refractivity contribution in [2.75, 3.05) is 19.8 Å². The molecule has 0 saturated carbocycles. The number of rotatable bonds is 1. The molecule has 2 aromatic rings. The van der Waals surface area contributed by atoms with Gasteiger partial charge in [0.25, 0.3) is 0 Å². The fraction of sp³-hybridized carbons (Fsp3) is 0.0952. The van der Waals surface area contributed by atoms with Gasteiger partial charge in [-0.2, -0.15) is 0 Å². The van der Waals surface area contributed by atoms with Gasteiger partial charge in [-0.15, -0.1) is 11.3 Å². The van der Waals surface area contributed by atoms with Gasteiger partial charge in [0.15, 0.2) is 0 Å². The minimum atomic E-state index is -10.7. The second kappa shape index (κ2) is 7.21. The molecular formula is C21H19F6N2PS. The molecule has 0 spiro atoms. The Morgan fingerprint density at radius 1 is 0.806 bits per heavy atom. The fourth-order valence-corrected chi connectivity index (χ4v) is 4.26. The van der Waals surface area contributed by atoms with Crippen LogP contribution in [-0.4, -0.2) is 14.1 Å². The molecule has 2 aliphatic rings. The van der Waals surface area contributed by atoms with Crippen molar-refractivity contribution in [1.29, 1.82) is 0 Å². The summed E-state index contributed by atoms with van der Waals surface area (Å²) in [5, 5.41) is 2.46. The predicted molar refractivity (Wildman–Crippen MR) is 119 cm³/mol. The van der Waals surface area contributed by atoms with E-state index in [9.17, 15) is 25.2 Å². The molecule has 0 radical (unpaired) electrons. The van der Waals surface area contributed by atoms with Crippen LogP contribution in [0.4, 0.5) is 30.9 Å². The number of hydrogen-bond donors (Lipinski definition) is 1. The predicted octanol–water partition coefficient (Wildman–Crippen LogP) is 7.67. The Morgan fingerprint density at radius 2 is 1.42 bits per heavy atom. The van der Waals surface area contributed by atoms with Gasteiger partial charge in [-0.3, -0.25) is 0 Å². The summed E-state index contributed by atoms with van der Waals surface area (Å²) in [5.74, 6) is 0. The van der Waals surface area contributed by atoms with Crippen molar-refractivity contribution in [3.8, 4) is 21.6 Å². The molecule has 0 unspecified atom stereocenters. The topological polar surface area (TPSA) is 29.0 Å². The van der Waals surface area contributed by atoms with Crippen LogP contribution in [0.1, 0.15) is 0 Å². The molecule has 0 amide bonds. The Hall–Kier alpha value is -2.64. The number of benzene rings is 3. The first kappa shape index (κ1) is 23.0. The van der Waals surface area contributed by atoms with Crippen molar-refractivity contribution in [3.05, 3.63) is 72.1 Å². The molecule has 31 heavy (non-hydrogen) atoms. The van der Waals surface area contributed by atoms with Crippen molar-refractivity contribution in [1.82, 2.24) is 4.58 Å². The van der Waals surface area contributed by atoms with E-state index in [1.54, 1.807) is 11.3 Å². The van der Waals surface area contributed by atoms with E-state index >= 15 is 0 Å². The van der Waals surface area contributed by atoms with E-state index in [0.717, 1.165) is 5.69 Å². The zero-order chi connectivity index (χ0) is 23.1. The molecule has 166 valence electrons. The van der Waals surface area contributed by atoms with Gasteiger partial charge in [-0.1, -0.05) is 36.4 Å². The number of halogens is 6. The fourth-order valence-electron chi connectivity index (χ4n) is 3.09. The normalized spacial score (nSPS) is 13.8. The first-order valence-corrected chi connectivity index (χ1v) is 11.8. The number of nitrogens with zero attached hydrogens (tertiary/aromatic N) is 1. The van der Waals surface area contributed by atoms with E-state index in [4.69, 9.17) is 5.73 Å². The van der Waals surface area contributed by atoms with E-state index in [1.165, 1.54) is 37.0 Å². The van der Waals surface area contributed by atoms with E-state index < -0.39 is 7.81 Å². The summed E-state index contributed by atoms with van der Waals surface area (Å²) in [6, 6.07) is 23.5. The first-order valence-electron chi connectivity index (χ1n) is 8.97. The van der Waals surface area contributed by atoms with E-state index in [2.05, 4.69) is 79.3 Å². The molecule has 0 bridgehead atoms. The molecule has 2 aromatic carbocycles. The van der Waals surface area contributed by atoms with Crippen LogP contribution < -0.4 is 15.7 Å². The number of nitrogens with two attached hydrogens (primary N) is 1. The summed E-state index contributed by atoms with van der Waals surface area (Å²) in [6.07, 6.45) is 0. The van der Waals surface area contributed by atoms with Crippen LogP contribution in [0.3, 0.4) is 0 Å². The van der Waals surface area contributed by atoms with Gasteiger partial charge in [0.2, 0.25) is 5.36 Å².